The van der Waals surface area contributed by atoms with Gasteiger partial charge in [0.25, 0.3) is 5.91 Å². The van der Waals surface area contributed by atoms with Gasteiger partial charge in [-0.2, -0.15) is 0 Å². The summed E-state index contributed by atoms with van der Waals surface area (Å²) in [5, 5.41) is 0. The second-order valence-electron chi connectivity index (χ2n) is 4.26. The van der Waals surface area contributed by atoms with Crippen LogP contribution < -0.4 is 11.5 Å². The maximum atomic E-state index is 12.2. The van der Waals surface area contributed by atoms with Crippen molar-refractivity contribution in [2.45, 2.75) is 6.54 Å². The summed E-state index contributed by atoms with van der Waals surface area (Å²) in [5.41, 5.74) is 12.8. The van der Waals surface area contributed by atoms with Crippen molar-refractivity contribution in [3.63, 3.8) is 0 Å². The van der Waals surface area contributed by atoms with Crippen LogP contribution in [0.4, 0.5) is 11.4 Å². The Morgan fingerprint density at radius 1 is 1.26 bits per heavy atom. The first kappa shape index (κ1) is 13.7. The average Bonchev–Trinajstić information content (AvgIpc) is 2.72. The second kappa shape index (κ2) is 5.50. The first-order chi connectivity index (χ1) is 8.95. The maximum Gasteiger partial charge on any atom is 0.254 e. The Morgan fingerprint density at radius 2 is 1.89 bits per heavy atom. The number of benzene rings is 1. The molecule has 1 aromatic carbocycles. The lowest BCUT2D eigenvalue weighted by Gasteiger charge is -2.16. The maximum absolute atomic E-state index is 12.2. The van der Waals surface area contributed by atoms with Crippen molar-refractivity contribution < 1.29 is 4.79 Å². The molecule has 100 valence electrons. The molecule has 4 N–H and O–H groups in total. The van der Waals surface area contributed by atoms with Crippen LogP contribution >= 0.6 is 22.9 Å². The van der Waals surface area contributed by atoms with Gasteiger partial charge in [0.05, 0.1) is 10.9 Å². The number of carbonyl (C=O) groups is 1. The van der Waals surface area contributed by atoms with E-state index in [0.29, 0.717) is 27.8 Å². The molecule has 0 bridgehead atoms. The number of carbonyl (C=O) groups excluding carboxylic acids is 1. The highest BCUT2D eigenvalue weighted by Crippen LogP contribution is 2.23. The van der Waals surface area contributed by atoms with Crippen molar-refractivity contribution in [3.8, 4) is 0 Å². The zero-order chi connectivity index (χ0) is 14.0. The summed E-state index contributed by atoms with van der Waals surface area (Å²) in [6.07, 6.45) is 0. The number of hydrogen-bond donors (Lipinski definition) is 2. The molecule has 4 nitrogen and oxygen atoms in total. The molecule has 0 unspecified atom stereocenters. The fraction of sp³-hybridized carbons (Fsp3) is 0.154. The third-order valence-electron chi connectivity index (χ3n) is 2.59. The molecule has 2 rings (SSSR count). The number of halogens is 1. The van der Waals surface area contributed by atoms with E-state index in [-0.39, 0.29) is 5.91 Å². The van der Waals surface area contributed by atoms with Crippen LogP contribution in [0.1, 0.15) is 15.2 Å². The number of amides is 1. The molecule has 19 heavy (non-hydrogen) atoms. The Morgan fingerprint density at radius 3 is 2.42 bits per heavy atom. The van der Waals surface area contributed by atoms with E-state index in [1.165, 1.54) is 11.3 Å². The highest BCUT2D eigenvalue weighted by Gasteiger charge is 2.14. The van der Waals surface area contributed by atoms with E-state index in [2.05, 4.69) is 0 Å². The monoisotopic (exact) mass is 295 g/mol. The number of nitrogen functional groups attached to an aromatic ring is 2. The van der Waals surface area contributed by atoms with Gasteiger partial charge in [-0.1, -0.05) is 11.6 Å². The molecule has 2 aromatic rings. The van der Waals surface area contributed by atoms with Gasteiger partial charge in [0.2, 0.25) is 0 Å². The fourth-order valence-corrected chi connectivity index (χ4v) is 2.90. The molecule has 0 spiro atoms. The van der Waals surface area contributed by atoms with E-state index < -0.39 is 0 Å². The van der Waals surface area contributed by atoms with Crippen LogP contribution in [0.15, 0.2) is 30.3 Å². The summed E-state index contributed by atoms with van der Waals surface area (Å²) >= 11 is 7.32. The Labute approximate surface area is 120 Å². The largest absolute Gasteiger partial charge is 0.399 e. The van der Waals surface area contributed by atoms with Gasteiger partial charge in [0, 0.05) is 28.9 Å². The van der Waals surface area contributed by atoms with Crippen molar-refractivity contribution in [1.29, 1.82) is 0 Å². The second-order valence-corrected chi connectivity index (χ2v) is 6.06. The quantitative estimate of drug-likeness (QED) is 0.855. The van der Waals surface area contributed by atoms with Crippen LogP contribution in [-0.4, -0.2) is 17.9 Å². The van der Waals surface area contributed by atoms with E-state index in [4.69, 9.17) is 23.1 Å². The lowest BCUT2D eigenvalue weighted by atomic mass is 10.1. The molecule has 0 aliphatic heterocycles. The minimum atomic E-state index is -0.122. The molecule has 1 aromatic heterocycles. The molecular formula is C13H14ClN3OS. The molecule has 1 amide bonds. The molecule has 6 heteroatoms. The third-order valence-corrected chi connectivity index (χ3v) is 3.81. The van der Waals surface area contributed by atoms with Crippen LogP contribution in [0.5, 0.6) is 0 Å². The standard InChI is InChI=1S/C13H14ClN3OS/c1-17(7-11-2-3-12(14)19-11)13(18)8-4-9(15)6-10(16)5-8/h2-6H,7,15-16H2,1H3. The van der Waals surface area contributed by atoms with Crippen molar-refractivity contribution in [1.82, 2.24) is 4.90 Å². The van der Waals surface area contributed by atoms with Crippen LogP contribution in [0.2, 0.25) is 4.34 Å². The van der Waals surface area contributed by atoms with Gasteiger partial charge in [0.15, 0.2) is 0 Å². The van der Waals surface area contributed by atoms with Crippen molar-refractivity contribution in [2.24, 2.45) is 0 Å². The average molecular weight is 296 g/mol. The molecule has 0 radical (unpaired) electrons. The summed E-state index contributed by atoms with van der Waals surface area (Å²) in [5.74, 6) is -0.122. The van der Waals surface area contributed by atoms with E-state index in [9.17, 15) is 4.79 Å². The van der Waals surface area contributed by atoms with Gasteiger partial charge in [-0.05, 0) is 30.3 Å². The molecular weight excluding hydrogens is 282 g/mol. The highest BCUT2D eigenvalue weighted by atomic mass is 35.5. The van der Waals surface area contributed by atoms with Gasteiger partial charge in [-0.25, -0.2) is 0 Å². The van der Waals surface area contributed by atoms with E-state index in [1.54, 1.807) is 30.1 Å². The fourth-order valence-electron chi connectivity index (χ4n) is 1.76. The lowest BCUT2D eigenvalue weighted by molar-refractivity contribution is 0.0786. The van der Waals surface area contributed by atoms with Gasteiger partial charge in [0.1, 0.15) is 0 Å². The van der Waals surface area contributed by atoms with Gasteiger partial charge >= 0.3 is 0 Å². The predicted octanol–water partition coefficient (Wildman–Crippen LogP) is 2.84. The molecule has 0 atom stereocenters. The summed E-state index contributed by atoms with van der Waals surface area (Å²) in [7, 11) is 1.73. The van der Waals surface area contributed by atoms with E-state index in [0.717, 1.165) is 4.88 Å². The molecule has 0 fully saturated rings. The van der Waals surface area contributed by atoms with E-state index in [1.807, 2.05) is 12.1 Å². The van der Waals surface area contributed by atoms with E-state index >= 15 is 0 Å². The van der Waals surface area contributed by atoms with Crippen LogP contribution in [0.25, 0.3) is 0 Å². The first-order valence-electron chi connectivity index (χ1n) is 5.61. The van der Waals surface area contributed by atoms with Crippen LogP contribution in [0.3, 0.4) is 0 Å². The predicted molar refractivity (Wildman–Crippen MR) is 80.4 cm³/mol. The number of anilines is 2. The minimum absolute atomic E-state index is 0.122. The van der Waals surface area contributed by atoms with Crippen molar-refractivity contribution in [2.75, 3.05) is 18.5 Å². The molecule has 0 aliphatic rings. The Kier molecular flexibility index (Phi) is 3.97. The van der Waals surface area contributed by atoms with Crippen molar-refractivity contribution in [3.05, 3.63) is 45.1 Å². The third kappa shape index (κ3) is 3.39. The van der Waals surface area contributed by atoms with Gasteiger partial charge in [-0.15, -0.1) is 11.3 Å². The number of hydrogen-bond acceptors (Lipinski definition) is 4. The summed E-state index contributed by atoms with van der Waals surface area (Å²) < 4.78 is 0.712. The lowest BCUT2D eigenvalue weighted by Crippen LogP contribution is -2.26. The van der Waals surface area contributed by atoms with Gasteiger partial charge in [-0.3, -0.25) is 4.79 Å². The number of rotatable bonds is 3. The van der Waals surface area contributed by atoms with Crippen LogP contribution in [-0.2, 0) is 6.54 Å². The SMILES string of the molecule is CN(Cc1ccc(Cl)s1)C(=O)c1cc(N)cc(N)c1. The summed E-state index contributed by atoms with van der Waals surface area (Å²) in [4.78, 5) is 14.9. The summed E-state index contributed by atoms with van der Waals surface area (Å²) in [6, 6.07) is 8.59. The topological polar surface area (TPSA) is 72.3 Å². The highest BCUT2D eigenvalue weighted by molar-refractivity contribution is 7.16. The first-order valence-corrected chi connectivity index (χ1v) is 6.81. The normalized spacial score (nSPS) is 10.4. The Bertz CT molecular complexity index is 591. The zero-order valence-electron chi connectivity index (χ0n) is 10.4. The molecule has 0 saturated carbocycles. The Hall–Kier alpha value is -1.72. The number of thiophene rings is 1. The van der Waals surface area contributed by atoms with Crippen molar-refractivity contribution >= 4 is 40.2 Å². The molecule has 1 heterocycles. The zero-order valence-corrected chi connectivity index (χ0v) is 12.0. The number of nitrogens with two attached hydrogens (primary N) is 2. The van der Waals surface area contributed by atoms with Gasteiger partial charge < -0.3 is 16.4 Å². The smallest absolute Gasteiger partial charge is 0.254 e. The molecule has 0 saturated heterocycles. The summed E-state index contributed by atoms with van der Waals surface area (Å²) in [6.45, 7) is 0.505. The number of nitrogens with zero attached hydrogens (tertiary/aromatic N) is 1. The van der Waals surface area contributed by atoms with Crippen LogP contribution in [0, 0.1) is 0 Å². The minimum Gasteiger partial charge on any atom is -0.399 e. The molecule has 0 aliphatic carbocycles. The Balaban J connectivity index is 2.14.